The molecular weight excluding hydrogens is 449 g/mol. The number of ether oxygens (including phenoxy) is 2. The highest BCUT2D eigenvalue weighted by molar-refractivity contribution is 5.70. The smallest absolute Gasteiger partial charge is 0.392 e. The number of alkyl halides is 3. The average Bonchev–Trinajstić information content (AvgIpc) is 3.14. The van der Waals surface area contributed by atoms with Gasteiger partial charge < -0.3 is 14.8 Å². The summed E-state index contributed by atoms with van der Waals surface area (Å²) >= 11 is 0. The number of anilines is 2. The quantitative estimate of drug-likeness (QED) is 0.564. The fourth-order valence-corrected chi connectivity index (χ4v) is 3.60. The number of fused-ring (bicyclic) bond motifs is 1. The number of methoxy groups -OCH3 is 1. The van der Waals surface area contributed by atoms with Crippen molar-refractivity contribution in [3.63, 3.8) is 0 Å². The summed E-state index contributed by atoms with van der Waals surface area (Å²) in [5.41, 5.74) is 2.36. The summed E-state index contributed by atoms with van der Waals surface area (Å²) < 4.78 is 51.5. The standard InChI is InChI=1S/C21H23F3N6O2.C2H6/c1-29-10-13-4-6-17(27-19(13)32-15(12-29)8-21(22,23)24)26-18-7-5-16(20(28-18)31-3)14-9-25-30(2)11-14;1-2/h4-7,9,11,15H,8,10,12H2,1-3H3,(H,26,27,28);1-2H3. The minimum Gasteiger partial charge on any atom is -0.480 e. The van der Waals surface area contributed by atoms with Gasteiger partial charge in [0.1, 0.15) is 17.7 Å². The first kappa shape index (κ1) is 25.3. The first-order chi connectivity index (χ1) is 16.2. The van der Waals surface area contributed by atoms with E-state index in [1.807, 2.05) is 33.2 Å². The highest BCUT2D eigenvalue weighted by atomic mass is 19.4. The Labute approximate surface area is 196 Å². The van der Waals surface area contributed by atoms with Gasteiger partial charge in [-0.1, -0.05) is 13.8 Å². The molecule has 0 amide bonds. The van der Waals surface area contributed by atoms with Crippen LogP contribution in [0.5, 0.6) is 11.8 Å². The highest BCUT2D eigenvalue weighted by Gasteiger charge is 2.35. The van der Waals surface area contributed by atoms with Gasteiger partial charge in [0.15, 0.2) is 0 Å². The van der Waals surface area contributed by atoms with Gasteiger partial charge >= 0.3 is 6.18 Å². The number of nitrogens with one attached hydrogen (secondary N) is 1. The van der Waals surface area contributed by atoms with Gasteiger partial charge in [-0.05, 0) is 31.3 Å². The lowest BCUT2D eigenvalue weighted by molar-refractivity contribution is -0.151. The zero-order valence-corrected chi connectivity index (χ0v) is 19.8. The van der Waals surface area contributed by atoms with E-state index in [4.69, 9.17) is 9.47 Å². The van der Waals surface area contributed by atoms with Crippen molar-refractivity contribution in [2.45, 2.75) is 39.1 Å². The molecule has 1 unspecified atom stereocenters. The van der Waals surface area contributed by atoms with E-state index in [2.05, 4.69) is 20.4 Å². The van der Waals surface area contributed by atoms with E-state index in [-0.39, 0.29) is 12.4 Å². The van der Waals surface area contributed by atoms with E-state index < -0.39 is 18.7 Å². The fraction of sp³-hybridized carbons (Fsp3) is 0.435. The summed E-state index contributed by atoms with van der Waals surface area (Å²) in [5, 5.41) is 7.23. The molecule has 0 saturated carbocycles. The lowest BCUT2D eigenvalue weighted by atomic mass is 10.1. The Kier molecular flexibility index (Phi) is 7.98. The van der Waals surface area contributed by atoms with E-state index >= 15 is 0 Å². The molecule has 1 atom stereocenters. The number of aromatic nitrogens is 4. The predicted molar refractivity (Wildman–Crippen MR) is 123 cm³/mol. The van der Waals surface area contributed by atoms with Crippen LogP contribution in [0.15, 0.2) is 36.7 Å². The maximum Gasteiger partial charge on any atom is 0.392 e. The summed E-state index contributed by atoms with van der Waals surface area (Å²) in [7, 11) is 5.11. The molecule has 1 N–H and O–H groups in total. The summed E-state index contributed by atoms with van der Waals surface area (Å²) in [6.45, 7) is 4.61. The predicted octanol–water partition coefficient (Wildman–Crippen LogP) is 4.80. The van der Waals surface area contributed by atoms with Gasteiger partial charge in [-0.25, -0.2) is 0 Å². The van der Waals surface area contributed by atoms with Crippen LogP contribution in [-0.2, 0) is 13.6 Å². The van der Waals surface area contributed by atoms with Crippen molar-refractivity contribution >= 4 is 11.6 Å². The lowest BCUT2D eigenvalue weighted by Crippen LogP contribution is -2.34. The highest BCUT2D eigenvalue weighted by Crippen LogP contribution is 2.32. The first-order valence-electron chi connectivity index (χ1n) is 10.9. The number of rotatable bonds is 5. The molecule has 0 spiro atoms. The zero-order valence-electron chi connectivity index (χ0n) is 19.8. The van der Waals surface area contributed by atoms with E-state index in [0.717, 1.165) is 16.7 Å². The topological polar surface area (TPSA) is 77.3 Å². The Hall–Kier alpha value is -3.34. The molecule has 3 aromatic heterocycles. The summed E-state index contributed by atoms with van der Waals surface area (Å²) in [4.78, 5) is 10.7. The number of hydrogen-bond acceptors (Lipinski definition) is 7. The number of aryl methyl sites for hydroxylation is 1. The van der Waals surface area contributed by atoms with Gasteiger partial charge in [0.05, 0.1) is 19.7 Å². The van der Waals surface area contributed by atoms with E-state index in [0.29, 0.717) is 24.1 Å². The molecule has 0 bridgehead atoms. The van der Waals surface area contributed by atoms with Crippen molar-refractivity contribution in [1.82, 2.24) is 24.6 Å². The number of halogens is 3. The Morgan fingerprint density at radius 1 is 1.12 bits per heavy atom. The van der Waals surface area contributed by atoms with Gasteiger partial charge in [-0.15, -0.1) is 0 Å². The largest absolute Gasteiger partial charge is 0.480 e. The molecule has 0 aliphatic carbocycles. The third-order valence-corrected chi connectivity index (χ3v) is 4.96. The maximum absolute atomic E-state index is 12.9. The number of nitrogens with zero attached hydrogens (tertiary/aromatic N) is 5. The summed E-state index contributed by atoms with van der Waals surface area (Å²) in [6, 6.07) is 7.14. The van der Waals surface area contributed by atoms with Crippen LogP contribution < -0.4 is 14.8 Å². The van der Waals surface area contributed by atoms with Crippen molar-refractivity contribution in [2.24, 2.45) is 7.05 Å². The molecule has 0 fully saturated rings. The van der Waals surface area contributed by atoms with Crippen LogP contribution in [0, 0.1) is 0 Å². The zero-order chi connectivity index (χ0) is 24.9. The summed E-state index contributed by atoms with van der Waals surface area (Å²) in [6.07, 6.45) is -2.81. The van der Waals surface area contributed by atoms with Crippen molar-refractivity contribution in [2.75, 3.05) is 26.0 Å². The first-order valence-corrected chi connectivity index (χ1v) is 10.9. The molecule has 184 valence electrons. The molecule has 0 saturated heterocycles. The molecule has 1 aliphatic heterocycles. The Balaban J connectivity index is 0.00000158. The molecule has 3 aromatic rings. The molecule has 4 heterocycles. The Bertz CT molecular complexity index is 1100. The molecule has 8 nitrogen and oxygen atoms in total. The van der Waals surface area contributed by atoms with Crippen LogP contribution in [0.4, 0.5) is 24.8 Å². The number of likely N-dealkylation sites (N-methyl/N-ethyl adjacent to an activating group) is 1. The van der Waals surface area contributed by atoms with E-state index in [1.54, 1.807) is 41.0 Å². The average molecular weight is 479 g/mol. The van der Waals surface area contributed by atoms with Crippen LogP contribution in [0.1, 0.15) is 25.8 Å². The van der Waals surface area contributed by atoms with Crippen molar-refractivity contribution in [3.8, 4) is 22.9 Å². The van der Waals surface area contributed by atoms with Crippen LogP contribution >= 0.6 is 0 Å². The van der Waals surface area contributed by atoms with E-state index in [9.17, 15) is 13.2 Å². The van der Waals surface area contributed by atoms with Crippen molar-refractivity contribution in [1.29, 1.82) is 0 Å². The molecule has 11 heteroatoms. The van der Waals surface area contributed by atoms with Gasteiger partial charge in [0.25, 0.3) is 0 Å². The van der Waals surface area contributed by atoms with Gasteiger partial charge in [-0.2, -0.15) is 28.2 Å². The van der Waals surface area contributed by atoms with Crippen LogP contribution in [0.2, 0.25) is 0 Å². The SMILES string of the molecule is CC.COc1nc(Nc2ccc3c(n2)OC(CC(F)(F)F)CN(C)C3)ccc1-c1cnn(C)c1. The fourth-order valence-electron chi connectivity index (χ4n) is 3.60. The minimum absolute atomic E-state index is 0.160. The van der Waals surface area contributed by atoms with Gasteiger partial charge in [-0.3, -0.25) is 9.58 Å². The molecule has 0 aromatic carbocycles. The van der Waals surface area contributed by atoms with Crippen molar-refractivity contribution in [3.05, 3.63) is 42.2 Å². The normalized spacial score (nSPS) is 15.9. The van der Waals surface area contributed by atoms with Crippen LogP contribution in [0.25, 0.3) is 11.1 Å². The van der Waals surface area contributed by atoms with Gasteiger partial charge in [0, 0.05) is 43.0 Å². The molecule has 1 aliphatic rings. The minimum atomic E-state index is -4.32. The second-order valence-electron chi connectivity index (χ2n) is 7.70. The molecule has 4 rings (SSSR count). The van der Waals surface area contributed by atoms with Crippen LogP contribution in [0.3, 0.4) is 0 Å². The second kappa shape index (κ2) is 10.7. The third kappa shape index (κ3) is 6.37. The second-order valence-corrected chi connectivity index (χ2v) is 7.70. The number of pyridine rings is 2. The van der Waals surface area contributed by atoms with Gasteiger partial charge in [0.2, 0.25) is 11.8 Å². The third-order valence-electron chi connectivity index (χ3n) is 4.96. The Morgan fingerprint density at radius 3 is 2.47 bits per heavy atom. The molecule has 34 heavy (non-hydrogen) atoms. The van der Waals surface area contributed by atoms with Crippen LogP contribution in [-0.4, -0.2) is 57.6 Å². The number of hydrogen-bond donors (Lipinski definition) is 1. The maximum atomic E-state index is 12.9. The lowest BCUT2D eigenvalue weighted by Gasteiger charge is -2.21. The van der Waals surface area contributed by atoms with E-state index in [1.165, 1.54) is 7.11 Å². The molecular formula is C23H29F3N6O2. The summed E-state index contributed by atoms with van der Waals surface area (Å²) in [5.74, 6) is 1.47. The van der Waals surface area contributed by atoms with Crippen molar-refractivity contribution < 1.29 is 22.6 Å². The molecule has 0 radical (unpaired) electrons. The Morgan fingerprint density at radius 2 is 1.82 bits per heavy atom. The monoisotopic (exact) mass is 478 g/mol.